The van der Waals surface area contributed by atoms with Gasteiger partial charge in [0.1, 0.15) is 0 Å². The smallest absolute Gasteiger partial charge is 0.0778 e. The van der Waals surface area contributed by atoms with Gasteiger partial charge in [-0.25, -0.2) is 0 Å². The van der Waals surface area contributed by atoms with Crippen molar-refractivity contribution < 1.29 is 14.4 Å². The Morgan fingerprint density at radius 1 is 1.08 bits per heavy atom. The molecule has 0 N–H and O–H groups in total. The van der Waals surface area contributed by atoms with Crippen LogP contribution in [0, 0.1) is 0 Å². The van der Waals surface area contributed by atoms with E-state index in [0.717, 1.165) is 12.1 Å². The molecule has 0 aliphatic heterocycles. The summed E-state index contributed by atoms with van der Waals surface area (Å²) in [5, 5.41) is -0.556. The van der Waals surface area contributed by atoms with E-state index in [9.17, 15) is 14.4 Å². The van der Waals surface area contributed by atoms with Crippen molar-refractivity contribution in [1.29, 1.82) is 0 Å². The molecule has 0 bridgehead atoms. The van der Waals surface area contributed by atoms with Crippen LogP contribution in [0.5, 0.6) is 0 Å². The van der Waals surface area contributed by atoms with Crippen LogP contribution < -0.4 is 15.1 Å². The van der Waals surface area contributed by atoms with Crippen LogP contribution in [0.25, 0.3) is 0 Å². The highest BCUT2D eigenvalue weighted by molar-refractivity contribution is 7.57. The molecule has 1 aromatic carbocycles. The van der Waals surface area contributed by atoms with Crippen molar-refractivity contribution in [3.05, 3.63) is 27.2 Å². The fourth-order valence-corrected chi connectivity index (χ4v) is 2.02. The fourth-order valence-electron chi connectivity index (χ4n) is 0.700. The zero-order chi connectivity index (χ0) is 10.2. The molecule has 0 atom stereocenters. The molecule has 72 valence electrons. The van der Waals surface area contributed by atoms with Crippen LogP contribution in [0.4, 0.5) is 0 Å². The molecule has 0 unspecified atom stereocenters. The summed E-state index contributed by atoms with van der Waals surface area (Å²) in [7, 11) is -4.82. The summed E-state index contributed by atoms with van der Waals surface area (Å²) >= 11 is 16.6. The first-order valence-corrected chi connectivity index (χ1v) is 5.67. The van der Waals surface area contributed by atoms with Crippen LogP contribution >= 0.6 is 42.4 Å². The van der Waals surface area contributed by atoms with E-state index in [4.69, 9.17) is 34.8 Å². The first kappa shape index (κ1) is 11.3. The van der Waals surface area contributed by atoms with Crippen LogP contribution in [-0.2, 0) is 4.57 Å². The third kappa shape index (κ3) is 2.59. The van der Waals surface area contributed by atoms with Gasteiger partial charge in [-0.2, -0.15) is 0 Å². The lowest BCUT2D eigenvalue weighted by molar-refractivity contribution is -0.307. The molecule has 0 aliphatic carbocycles. The van der Waals surface area contributed by atoms with Gasteiger partial charge in [0.2, 0.25) is 0 Å². The van der Waals surface area contributed by atoms with Crippen molar-refractivity contribution >= 4 is 47.7 Å². The molecule has 7 heteroatoms. The average Bonchev–Trinajstić information content (AvgIpc) is 1.97. The predicted octanol–water partition coefficient (Wildman–Crippen LogP) is 1.19. The maximum atomic E-state index is 10.6. The predicted molar refractivity (Wildman–Crippen MR) is 48.7 cm³/mol. The summed E-state index contributed by atoms with van der Waals surface area (Å²) in [4.78, 5) is 21.1. The fraction of sp³-hybridized carbons (Fsp3) is 0. The van der Waals surface area contributed by atoms with E-state index in [1.54, 1.807) is 0 Å². The maximum absolute atomic E-state index is 10.6. The Balaban J connectivity index is 3.38. The molecule has 13 heavy (non-hydrogen) atoms. The zero-order valence-electron chi connectivity index (χ0n) is 5.96. The highest BCUT2D eigenvalue weighted by Gasteiger charge is 2.07. The molecule has 0 fully saturated rings. The molecule has 0 saturated carbocycles. The molecule has 0 radical (unpaired) electrons. The monoisotopic (exact) mass is 258 g/mol. The molecule has 0 spiro atoms. The van der Waals surface area contributed by atoms with E-state index in [0.29, 0.717) is 0 Å². The molecule has 0 aromatic heterocycles. The molecule has 0 amide bonds. The van der Waals surface area contributed by atoms with Gasteiger partial charge in [0.05, 0.1) is 15.1 Å². The second-order valence-electron chi connectivity index (χ2n) is 2.22. The third-order valence-electron chi connectivity index (χ3n) is 1.28. The SMILES string of the molecule is O=P([O-])([O-])c1cc(Cl)c(Cl)c(Cl)c1. The Morgan fingerprint density at radius 2 is 1.46 bits per heavy atom. The molecule has 0 aliphatic rings. The molecule has 0 saturated heterocycles. The molecule has 1 rings (SSSR count). The summed E-state index contributed by atoms with van der Waals surface area (Å²) in [6, 6.07) is 1.94. The van der Waals surface area contributed by atoms with Crippen LogP contribution in [0.1, 0.15) is 0 Å². The first-order valence-electron chi connectivity index (χ1n) is 2.99. The molecule has 1 aromatic rings. The van der Waals surface area contributed by atoms with Crippen molar-refractivity contribution in [3.8, 4) is 0 Å². The van der Waals surface area contributed by atoms with Crippen LogP contribution in [0.3, 0.4) is 0 Å². The maximum Gasteiger partial charge on any atom is 0.0778 e. The highest BCUT2D eigenvalue weighted by Crippen LogP contribution is 2.33. The Bertz CT molecular complexity index is 364. The van der Waals surface area contributed by atoms with Gasteiger partial charge in [0.15, 0.2) is 0 Å². The van der Waals surface area contributed by atoms with Gasteiger partial charge in [-0.1, -0.05) is 34.8 Å². The van der Waals surface area contributed by atoms with E-state index in [1.807, 2.05) is 0 Å². The Kier molecular flexibility index (Phi) is 3.29. The minimum absolute atomic E-state index is 0.0283. The number of benzene rings is 1. The van der Waals surface area contributed by atoms with E-state index >= 15 is 0 Å². The summed E-state index contributed by atoms with van der Waals surface area (Å²) in [5.74, 6) is 0. The molecular weight excluding hydrogens is 257 g/mol. The number of hydrogen-bond donors (Lipinski definition) is 0. The van der Waals surface area contributed by atoms with Gasteiger partial charge < -0.3 is 14.4 Å². The van der Waals surface area contributed by atoms with Crippen LogP contribution in [-0.4, -0.2) is 0 Å². The van der Waals surface area contributed by atoms with Gasteiger partial charge in [0.25, 0.3) is 0 Å². The second-order valence-corrected chi connectivity index (χ2v) is 4.92. The quantitative estimate of drug-likeness (QED) is 0.562. The third-order valence-corrected chi connectivity index (χ3v) is 3.37. The second kappa shape index (κ2) is 3.77. The van der Waals surface area contributed by atoms with Crippen molar-refractivity contribution in [2.45, 2.75) is 0 Å². The van der Waals surface area contributed by atoms with E-state index in [2.05, 4.69) is 0 Å². The van der Waals surface area contributed by atoms with Crippen LogP contribution in [0.15, 0.2) is 12.1 Å². The normalized spacial score (nSPS) is 11.8. The largest absolute Gasteiger partial charge is 0.807 e. The van der Waals surface area contributed by atoms with E-state index in [-0.39, 0.29) is 15.1 Å². The zero-order valence-corrected chi connectivity index (χ0v) is 9.12. The van der Waals surface area contributed by atoms with Gasteiger partial charge in [-0.05, 0) is 25.0 Å². The van der Waals surface area contributed by atoms with E-state index < -0.39 is 12.9 Å². The standard InChI is InChI=1S/C6H4Cl3O3P/c7-4-1-3(13(10,11)12)2-5(8)6(4)9/h1-2H,(H2,10,11,12)/p-2. The topological polar surface area (TPSA) is 63.2 Å². The number of rotatable bonds is 1. The van der Waals surface area contributed by atoms with Crippen molar-refractivity contribution in [1.82, 2.24) is 0 Å². The van der Waals surface area contributed by atoms with Crippen molar-refractivity contribution in [2.24, 2.45) is 0 Å². The first-order chi connectivity index (χ1) is 5.82. The van der Waals surface area contributed by atoms with Gasteiger partial charge in [-0.15, -0.1) is 0 Å². The van der Waals surface area contributed by atoms with Gasteiger partial charge in [0, 0.05) is 0 Å². The lowest BCUT2D eigenvalue weighted by Crippen LogP contribution is -2.24. The van der Waals surface area contributed by atoms with Gasteiger partial charge in [-0.3, -0.25) is 0 Å². The molecule has 0 heterocycles. The summed E-state index contributed by atoms with van der Waals surface area (Å²) in [6.07, 6.45) is 0. The Labute approximate surface area is 89.4 Å². The lowest BCUT2D eigenvalue weighted by Gasteiger charge is -2.30. The lowest BCUT2D eigenvalue weighted by atomic mass is 10.4. The van der Waals surface area contributed by atoms with E-state index in [1.165, 1.54) is 0 Å². The number of hydrogen-bond acceptors (Lipinski definition) is 3. The Morgan fingerprint density at radius 3 is 1.77 bits per heavy atom. The minimum atomic E-state index is -4.82. The average molecular weight is 259 g/mol. The summed E-state index contributed by atoms with van der Waals surface area (Å²) in [6.45, 7) is 0. The minimum Gasteiger partial charge on any atom is -0.807 e. The Hall–Kier alpha value is 0.240. The van der Waals surface area contributed by atoms with Crippen molar-refractivity contribution in [3.63, 3.8) is 0 Å². The molecule has 3 nitrogen and oxygen atoms in total. The van der Waals surface area contributed by atoms with Gasteiger partial charge >= 0.3 is 0 Å². The summed E-state index contributed by atoms with van der Waals surface area (Å²) < 4.78 is 10.6. The number of halogens is 3. The van der Waals surface area contributed by atoms with Crippen LogP contribution in [0.2, 0.25) is 15.1 Å². The highest BCUT2D eigenvalue weighted by atomic mass is 35.5. The molecular formula is C6H2Cl3O3P-2. The van der Waals surface area contributed by atoms with Crippen molar-refractivity contribution in [2.75, 3.05) is 0 Å². The summed E-state index contributed by atoms with van der Waals surface area (Å²) in [5.41, 5.74) is 0.